The second kappa shape index (κ2) is 5.30. The van der Waals surface area contributed by atoms with Crippen LogP contribution in [0.25, 0.3) is 0 Å². The zero-order chi connectivity index (χ0) is 12.5. The smallest absolute Gasteiger partial charge is 0.0211 e. The van der Waals surface area contributed by atoms with Crippen molar-refractivity contribution in [1.29, 1.82) is 0 Å². The maximum atomic E-state index is 6.85. The molecule has 0 radical (unpaired) electrons. The van der Waals surface area contributed by atoms with E-state index in [1.807, 2.05) is 0 Å². The SMILES string of the molecule is CCC1CCC(C2(N)CC(C)CCC2C)CC1. The Balaban J connectivity index is 2.00. The molecule has 3 unspecified atom stereocenters. The molecule has 0 bridgehead atoms. The van der Waals surface area contributed by atoms with E-state index in [-0.39, 0.29) is 5.54 Å². The van der Waals surface area contributed by atoms with Crippen molar-refractivity contribution in [2.75, 3.05) is 0 Å². The lowest BCUT2D eigenvalue weighted by Gasteiger charge is -2.49. The highest BCUT2D eigenvalue weighted by atomic mass is 14.8. The molecule has 100 valence electrons. The van der Waals surface area contributed by atoms with Gasteiger partial charge in [0.05, 0.1) is 0 Å². The van der Waals surface area contributed by atoms with Gasteiger partial charge in [0.15, 0.2) is 0 Å². The van der Waals surface area contributed by atoms with Gasteiger partial charge in [-0.3, -0.25) is 0 Å². The molecular weight excluding hydrogens is 206 g/mol. The molecule has 0 amide bonds. The Bertz CT molecular complexity index is 242. The molecule has 0 aromatic rings. The van der Waals surface area contributed by atoms with Crippen molar-refractivity contribution in [2.45, 2.75) is 77.7 Å². The molecule has 3 atom stereocenters. The van der Waals surface area contributed by atoms with Crippen molar-refractivity contribution in [1.82, 2.24) is 0 Å². The van der Waals surface area contributed by atoms with Crippen LogP contribution < -0.4 is 5.73 Å². The van der Waals surface area contributed by atoms with E-state index in [9.17, 15) is 0 Å². The Morgan fingerprint density at radius 1 is 1.00 bits per heavy atom. The third-order valence-electron chi connectivity index (χ3n) is 5.90. The molecule has 2 saturated carbocycles. The van der Waals surface area contributed by atoms with Crippen molar-refractivity contribution in [3.05, 3.63) is 0 Å². The topological polar surface area (TPSA) is 26.0 Å². The van der Waals surface area contributed by atoms with Gasteiger partial charge in [0.25, 0.3) is 0 Å². The minimum atomic E-state index is 0.163. The van der Waals surface area contributed by atoms with Gasteiger partial charge in [-0.25, -0.2) is 0 Å². The second-order valence-electron chi connectivity index (χ2n) is 7.03. The van der Waals surface area contributed by atoms with E-state index in [0.29, 0.717) is 0 Å². The van der Waals surface area contributed by atoms with E-state index in [1.54, 1.807) is 0 Å². The summed E-state index contributed by atoms with van der Waals surface area (Å²) < 4.78 is 0. The molecule has 2 aliphatic rings. The minimum absolute atomic E-state index is 0.163. The van der Waals surface area contributed by atoms with Gasteiger partial charge in [-0.2, -0.15) is 0 Å². The summed E-state index contributed by atoms with van der Waals surface area (Å²) in [5, 5.41) is 0. The molecule has 2 fully saturated rings. The first-order valence-electron chi connectivity index (χ1n) is 7.85. The Morgan fingerprint density at radius 2 is 1.65 bits per heavy atom. The molecule has 0 aromatic heterocycles. The van der Waals surface area contributed by atoms with E-state index >= 15 is 0 Å². The van der Waals surface area contributed by atoms with Crippen molar-refractivity contribution in [2.24, 2.45) is 29.4 Å². The first-order chi connectivity index (χ1) is 8.06. The Labute approximate surface area is 108 Å². The average Bonchev–Trinajstić information content (AvgIpc) is 2.34. The van der Waals surface area contributed by atoms with Gasteiger partial charge < -0.3 is 5.73 Å². The summed E-state index contributed by atoms with van der Waals surface area (Å²) >= 11 is 0. The molecule has 0 spiro atoms. The number of hydrogen-bond donors (Lipinski definition) is 1. The third-order valence-corrected chi connectivity index (χ3v) is 5.90. The Morgan fingerprint density at radius 3 is 2.24 bits per heavy atom. The van der Waals surface area contributed by atoms with Crippen LogP contribution in [0.15, 0.2) is 0 Å². The molecule has 1 heteroatoms. The minimum Gasteiger partial charge on any atom is -0.325 e. The maximum absolute atomic E-state index is 6.85. The largest absolute Gasteiger partial charge is 0.325 e. The van der Waals surface area contributed by atoms with Crippen LogP contribution >= 0.6 is 0 Å². The highest BCUT2D eigenvalue weighted by molar-refractivity contribution is 5.00. The van der Waals surface area contributed by atoms with Crippen LogP contribution in [-0.4, -0.2) is 5.54 Å². The summed E-state index contributed by atoms with van der Waals surface area (Å²) in [5.74, 6) is 3.39. The van der Waals surface area contributed by atoms with Gasteiger partial charge in [0.2, 0.25) is 0 Å². The lowest BCUT2D eigenvalue weighted by Crippen LogP contribution is -2.56. The number of nitrogens with two attached hydrogens (primary N) is 1. The van der Waals surface area contributed by atoms with Gasteiger partial charge >= 0.3 is 0 Å². The van der Waals surface area contributed by atoms with Crippen LogP contribution in [-0.2, 0) is 0 Å². The van der Waals surface area contributed by atoms with Crippen LogP contribution in [0.3, 0.4) is 0 Å². The fraction of sp³-hybridized carbons (Fsp3) is 1.00. The summed E-state index contributed by atoms with van der Waals surface area (Å²) in [5.41, 5.74) is 7.02. The highest BCUT2D eigenvalue weighted by Gasteiger charge is 2.44. The van der Waals surface area contributed by atoms with E-state index in [4.69, 9.17) is 5.73 Å². The lowest BCUT2D eigenvalue weighted by atomic mass is 9.60. The molecule has 2 N–H and O–H groups in total. The molecule has 0 aliphatic heterocycles. The fourth-order valence-corrected chi connectivity index (χ4v) is 4.39. The monoisotopic (exact) mass is 237 g/mol. The van der Waals surface area contributed by atoms with E-state index in [0.717, 1.165) is 23.7 Å². The van der Waals surface area contributed by atoms with Crippen LogP contribution in [0, 0.1) is 23.7 Å². The quantitative estimate of drug-likeness (QED) is 0.759. The Hall–Kier alpha value is -0.0400. The predicted molar refractivity (Wildman–Crippen MR) is 74.8 cm³/mol. The summed E-state index contributed by atoms with van der Waals surface area (Å²) in [6.45, 7) is 7.14. The standard InChI is InChI=1S/C16H31N/c1-4-14-7-9-15(10-8-14)16(17)11-12(2)5-6-13(16)3/h12-15H,4-11,17H2,1-3H3. The van der Waals surface area contributed by atoms with Gasteiger partial charge in [0.1, 0.15) is 0 Å². The zero-order valence-corrected chi connectivity index (χ0v) is 12.0. The van der Waals surface area contributed by atoms with Crippen molar-refractivity contribution >= 4 is 0 Å². The molecule has 2 aliphatic carbocycles. The fourth-order valence-electron chi connectivity index (χ4n) is 4.39. The molecular formula is C16H31N. The van der Waals surface area contributed by atoms with Crippen LogP contribution in [0.1, 0.15) is 72.1 Å². The molecule has 17 heavy (non-hydrogen) atoms. The number of rotatable bonds is 2. The summed E-state index contributed by atoms with van der Waals surface area (Å²) in [6, 6.07) is 0. The second-order valence-corrected chi connectivity index (χ2v) is 7.03. The van der Waals surface area contributed by atoms with Crippen molar-refractivity contribution < 1.29 is 0 Å². The molecule has 0 aromatic carbocycles. The van der Waals surface area contributed by atoms with Gasteiger partial charge in [-0.1, -0.05) is 46.5 Å². The van der Waals surface area contributed by atoms with E-state index in [1.165, 1.54) is 51.4 Å². The zero-order valence-electron chi connectivity index (χ0n) is 12.0. The van der Waals surface area contributed by atoms with Gasteiger partial charge in [-0.05, 0) is 49.4 Å². The van der Waals surface area contributed by atoms with E-state index < -0.39 is 0 Å². The molecule has 0 heterocycles. The predicted octanol–water partition coefficient (Wildman–Crippen LogP) is 4.36. The van der Waals surface area contributed by atoms with E-state index in [2.05, 4.69) is 20.8 Å². The van der Waals surface area contributed by atoms with Crippen LogP contribution in [0.2, 0.25) is 0 Å². The average molecular weight is 237 g/mol. The molecule has 1 nitrogen and oxygen atoms in total. The number of hydrogen-bond acceptors (Lipinski definition) is 1. The van der Waals surface area contributed by atoms with Crippen molar-refractivity contribution in [3.8, 4) is 0 Å². The lowest BCUT2D eigenvalue weighted by molar-refractivity contribution is 0.0643. The Kier molecular flexibility index (Phi) is 4.18. The van der Waals surface area contributed by atoms with Crippen LogP contribution in [0.4, 0.5) is 0 Å². The highest BCUT2D eigenvalue weighted by Crippen LogP contribution is 2.46. The third kappa shape index (κ3) is 2.70. The van der Waals surface area contributed by atoms with Gasteiger partial charge in [-0.15, -0.1) is 0 Å². The molecule has 0 saturated heterocycles. The summed E-state index contributed by atoms with van der Waals surface area (Å²) in [7, 11) is 0. The first kappa shape index (κ1) is 13.4. The summed E-state index contributed by atoms with van der Waals surface area (Å²) in [6.07, 6.45) is 11.0. The maximum Gasteiger partial charge on any atom is 0.0211 e. The van der Waals surface area contributed by atoms with Crippen LogP contribution in [0.5, 0.6) is 0 Å². The normalized spacial score (nSPS) is 48.0. The van der Waals surface area contributed by atoms with Crippen molar-refractivity contribution in [3.63, 3.8) is 0 Å². The first-order valence-corrected chi connectivity index (χ1v) is 7.85. The summed E-state index contributed by atoms with van der Waals surface area (Å²) in [4.78, 5) is 0. The van der Waals surface area contributed by atoms with Gasteiger partial charge in [0, 0.05) is 5.54 Å². The molecule has 2 rings (SSSR count).